The molecule has 0 spiro atoms. The molecule has 0 bridgehead atoms. The molecule has 0 aliphatic carbocycles. The Morgan fingerprint density at radius 3 is 2.80 bits per heavy atom. The average Bonchev–Trinajstić information content (AvgIpc) is 2.95. The second-order valence-electron chi connectivity index (χ2n) is 5.06. The summed E-state index contributed by atoms with van der Waals surface area (Å²) in [6.45, 7) is 7.79. The SMILES string of the molecule is CCCCN(c1nc(NC)nc2sccc12)C(C)CC. The number of fused-ring (bicyclic) bond motifs is 1. The van der Waals surface area contributed by atoms with Crippen molar-refractivity contribution < 1.29 is 0 Å². The molecule has 5 heteroatoms. The maximum atomic E-state index is 4.72. The van der Waals surface area contributed by atoms with Crippen LogP contribution in [0.1, 0.15) is 40.0 Å². The third-order valence-electron chi connectivity index (χ3n) is 3.68. The summed E-state index contributed by atoms with van der Waals surface area (Å²) in [5.41, 5.74) is 0. The molecule has 0 saturated heterocycles. The Balaban J connectivity index is 2.47. The van der Waals surface area contributed by atoms with E-state index >= 15 is 0 Å². The zero-order valence-electron chi connectivity index (χ0n) is 12.8. The van der Waals surface area contributed by atoms with Crippen molar-refractivity contribution in [2.24, 2.45) is 0 Å². The molecule has 0 aliphatic rings. The molecule has 2 aromatic heterocycles. The van der Waals surface area contributed by atoms with Crippen LogP contribution in [0, 0.1) is 0 Å². The Kier molecular flexibility index (Phi) is 5.17. The molecule has 20 heavy (non-hydrogen) atoms. The quantitative estimate of drug-likeness (QED) is 0.832. The Morgan fingerprint density at radius 1 is 1.35 bits per heavy atom. The molecule has 2 aromatic rings. The van der Waals surface area contributed by atoms with E-state index in [9.17, 15) is 0 Å². The van der Waals surface area contributed by atoms with Gasteiger partial charge in [-0.2, -0.15) is 4.98 Å². The molecule has 110 valence electrons. The van der Waals surface area contributed by atoms with E-state index in [1.807, 2.05) is 7.05 Å². The fourth-order valence-corrected chi connectivity index (χ4v) is 3.01. The Morgan fingerprint density at radius 2 is 2.15 bits per heavy atom. The predicted molar refractivity (Wildman–Crippen MR) is 89.0 cm³/mol. The Labute approximate surface area is 125 Å². The summed E-state index contributed by atoms with van der Waals surface area (Å²) in [4.78, 5) is 12.7. The fraction of sp³-hybridized carbons (Fsp3) is 0.600. The summed E-state index contributed by atoms with van der Waals surface area (Å²) in [6, 6.07) is 2.63. The number of thiophene rings is 1. The topological polar surface area (TPSA) is 41.1 Å². The van der Waals surface area contributed by atoms with Gasteiger partial charge in [0.2, 0.25) is 5.95 Å². The van der Waals surface area contributed by atoms with Crippen molar-refractivity contribution >= 4 is 33.3 Å². The normalized spacial score (nSPS) is 12.6. The van der Waals surface area contributed by atoms with Crippen LogP contribution >= 0.6 is 11.3 Å². The number of nitrogens with zero attached hydrogens (tertiary/aromatic N) is 3. The molecule has 0 radical (unpaired) electrons. The maximum Gasteiger partial charge on any atom is 0.225 e. The molecular weight excluding hydrogens is 268 g/mol. The van der Waals surface area contributed by atoms with Gasteiger partial charge in [-0.05, 0) is 31.2 Å². The van der Waals surface area contributed by atoms with E-state index in [2.05, 4.69) is 47.4 Å². The molecular formula is C15H24N4S. The molecule has 4 nitrogen and oxygen atoms in total. The largest absolute Gasteiger partial charge is 0.357 e. The minimum Gasteiger partial charge on any atom is -0.357 e. The highest BCUT2D eigenvalue weighted by molar-refractivity contribution is 7.16. The van der Waals surface area contributed by atoms with Crippen LogP contribution in [0.25, 0.3) is 10.2 Å². The molecule has 1 unspecified atom stereocenters. The van der Waals surface area contributed by atoms with E-state index in [4.69, 9.17) is 4.98 Å². The van der Waals surface area contributed by atoms with Crippen LogP contribution in [0.5, 0.6) is 0 Å². The predicted octanol–water partition coefficient (Wildman–Crippen LogP) is 4.14. The van der Waals surface area contributed by atoms with Gasteiger partial charge < -0.3 is 10.2 Å². The first-order valence-electron chi connectivity index (χ1n) is 7.40. The zero-order chi connectivity index (χ0) is 14.5. The Bertz CT molecular complexity index is 552. The van der Waals surface area contributed by atoms with Crippen molar-refractivity contribution in [2.45, 2.75) is 46.1 Å². The van der Waals surface area contributed by atoms with Crippen molar-refractivity contribution in [3.8, 4) is 0 Å². The highest BCUT2D eigenvalue weighted by Gasteiger charge is 2.18. The van der Waals surface area contributed by atoms with Crippen molar-refractivity contribution in [3.63, 3.8) is 0 Å². The molecule has 1 N–H and O–H groups in total. The third kappa shape index (κ3) is 3.03. The van der Waals surface area contributed by atoms with Gasteiger partial charge in [0, 0.05) is 19.6 Å². The van der Waals surface area contributed by atoms with Crippen molar-refractivity contribution in [3.05, 3.63) is 11.4 Å². The lowest BCUT2D eigenvalue weighted by Gasteiger charge is -2.30. The van der Waals surface area contributed by atoms with Gasteiger partial charge in [-0.15, -0.1) is 11.3 Å². The second-order valence-corrected chi connectivity index (χ2v) is 5.96. The zero-order valence-corrected chi connectivity index (χ0v) is 13.6. The number of aromatic nitrogens is 2. The molecule has 0 aliphatic heterocycles. The van der Waals surface area contributed by atoms with Crippen LogP contribution in [-0.4, -0.2) is 29.6 Å². The molecule has 0 aromatic carbocycles. The number of unbranched alkanes of at least 4 members (excludes halogenated alkanes) is 1. The fourth-order valence-electron chi connectivity index (χ4n) is 2.25. The van der Waals surface area contributed by atoms with Gasteiger partial charge in [-0.3, -0.25) is 0 Å². The van der Waals surface area contributed by atoms with E-state index in [1.165, 1.54) is 18.2 Å². The van der Waals surface area contributed by atoms with E-state index in [1.54, 1.807) is 11.3 Å². The summed E-state index contributed by atoms with van der Waals surface area (Å²) < 4.78 is 0. The van der Waals surface area contributed by atoms with Crippen LogP contribution in [-0.2, 0) is 0 Å². The summed E-state index contributed by atoms with van der Waals surface area (Å²) in [7, 11) is 1.87. The highest BCUT2D eigenvalue weighted by Crippen LogP contribution is 2.30. The smallest absolute Gasteiger partial charge is 0.225 e. The minimum atomic E-state index is 0.490. The molecule has 0 saturated carbocycles. The minimum absolute atomic E-state index is 0.490. The molecule has 2 rings (SSSR count). The van der Waals surface area contributed by atoms with Crippen LogP contribution in [0.15, 0.2) is 11.4 Å². The monoisotopic (exact) mass is 292 g/mol. The summed E-state index contributed by atoms with van der Waals surface area (Å²) in [5, 5.41) is 6.34. The van der Waals surface area contributed by atoms with Gasteiger partial charge in [-0.25, -0.2) is 4.98 Å². The van der Waals surface area contributed by atoms with E-state index in [0.29, 0.717) is 12.0 Å². The molecule has 0 fully saturated rings. The molecule has 1 atom stereocenters. The highest BCUT2D eigenvalue weighted by atomic mass is 32.1. The second kappa shape index (κ2) is 6.88. The number of rotatable bonds is 7. The third-order valence-corrected chi connectivity index (χ3v) is 4.48. The standard InChI is InChI=1S/C15H24N4S/c1-5-7-9-19(11(3)6-2)13-12-8-10-20-14(12)18-15(16-4)17-13/h8,10-11H,5-7,9H2,1-4H3,(H,16,17,18). The summed E-state index contributed by atoms with van der Waals surface area (Å²) in [5.74, 6) is 1.78. The summed E-state index contributed by atoms with van der Waals surface area (Å²) in [6.07, 6.45) is 3.51. The first kappa shape index (κ1) is 15.0. The lowest BCUT2D eigenvalue weighted by atomic mass is 10.2. The number of hydrogen-bond donors (Lipinski definition) is 1. The summed E-state index contributed by atoms with van der Waals surface area (Å²) >= 11 is 1.67. The van der Waals surface area contributed by atoms with Crippen LogP contribution in [0.2, 0.25) is 0 Å². The molecule has 0 amide bonds. The van der Waals surface area contributed by atoms with Crippen LogP contribution in [0.4, 0.5) is 11.8 Å². The first-order valence-corrected chi connectivity index (χ1v) is 8.28. The van der Waals surface area contributed by atoms with Gasteiger partial charge >= 0.3 is 0 Å². The average molecular weight is 292 g/mol. The van der Waals surface area contributed by atoms with Crippen LogP contribution < -0.4 is 10.2 Å². The number of hydrogen-bond acceptors (Lipinski definition) is 5. The van der Waals surface area contributed by atoms with Crippen LogP contribution in [0.3, 0.4) is 0 Å². The van der Waals surface area contributed by atoms with E-state index < -0.39 is 0 Å². The van der Waals surface area contributed by atoms with E-state index in [0.717, 1.165) is 23.6 Å². The van der Waals surface area contributed by atoms with Crippen molar-refractivity contribution in [1.29, 1.82) is 0 Å². The Hall–Kier alpha value is -1.36. The first-order chi connectivity index (χ1) is 9.71. The van der Waals surface area contributed by atoms with Crippen molar-refractivity contribution in [1.82, 2.24) is 9.97 Å². The van der Waals surface area contributed by atoms with Gasteiger partial charge in [0.15, 0.2) is 0 Å². The maximum absolute atomic E-state index is 4.72. The van der Waals surface area contributed by atoms with Crippen molar-refractivity contribution in [2.75, 3.05) is 23.8 Å². The van der Waals surface area contributed by atoms with Gasteiger partial charge in [0.1, 0.15) is 10.6 Å². The van der Waals surface area contributed by atoms with Gasteiger partial charge in [0.25, 0.3) is 0 Å². The molecule has 2 heterocycles. The number of nitrogens with one attached hydrogen (secondary N) is 1. The lowest BCUT2D eigenvalue weighted by molar-refractivity contribution is 0.591. The van der Waals surface area contributed by atoms with Gasteiger partial charge in [-0.1, -0.05) is 20.3 Å². The number of anilines is 2. The van der Waals surface area contributed by atoms with Gasteiger partial charge in [0.05, 0.1) is 5.39 Å². The van der Waals surface area contributed by atoms with E-state index in [-0.39, 0.29) is 0 Å². The lowest BCUT2D eigenvalue weighted by Crippen LogP contribution is -2.34.